The summed E-state index contributed by atoms with van der Waals surface area (Å²) in [5.74, 6) is 4.97. The van der Waals surface area contributed by atoms with Crippen molar-refractivity contribution in [2.45, 2.75) is 38.8 Å². The number of nitrogens with zero attached hydrogens (tertiary/aromatic N) is 3. The summed E-state index contributed by atoms with van der Waals surface area (Å²) in [5, 5.41) is 1.51. The summed E-state index contributed by atoms with van der Waals surface area (Å²) in [6.07, 6.45) is 1.22. The standard InChI is InChI=1S/C16H28N4O4/c1-10(2)13(16(23)24-4)18(3)14(21)11-5-7-19(8-6-11)15(22)12-9-20(12)17/h10-13H,5-9,17H2,1-4H3/t12?,13-,20?/m0/s1. The van der Waals surface area contributed by atoms with Crippen molar-refractivity contribution in [1.82, 2.24) is 14.8 Å². The maximum atomic E-state index is 12.7. The zero-order valence-electron chi connectivity index (χ0n) is 14.9. The maximum Gasteiger partial charge on any atom is 0.328 e. The van der Waals surface area contributed by atoms with Gasteiger partial charge in [0, 0.05) is 32.6 Å². The van der Waals surface area contributed by atoms with E-state index in [1.807, 2.05) is 13.8 Å². The van der Waals surface area contributed by atoms with Crippen LogP contribution in [0.25, 0.3) is 0 Å². The second-order valence-corrected chi connectivity index (χ2v) is 6.97. The van der Waals surface area contributed by atoms with E-state index in [0.29, 0.717) is 32.5 Å². The van der Waals surface area contributed by atoms with Gasteiger partial charge in [0.1, 0.15) is 12.1 Å². The van der Waals surface area contributed by atoms with Gasteiger partial charge in [-0.15, -0.1) is 0 Å². The molecule has 8 heteroatoms. The minimum Gasteiger partial charge on any atom is -0.467 e. The van der Waals surface area contributed by atoms with Crippen LogP contribution >= 0.6 is 0 Å². The number of rotatable bonds is 5. The SMILES string of the molecule is COC(=O)[C@H](C(C)C)N(C)C(=O)C1CCN(C(=O)C2CN2N)CC1. The lowest BCUT2D eigenvalue weighted by atomic mass is 9.93. The normalized spacial score (nSPS) is 25.3. The van der Waals surface area contributed by atoms with Gasteiger partial charge in [-0.2, -0.15) is 0 Å². The highest BCUT2D eigenvalue weighted by Gasteiger charge is 2.42. The number of carbonyl (C=O) groups excluding carboxylic acids is 3. The van der Waals surface area contributed by atoms with Crippen molar-refractivity contribution in [3.05, 3.63) is 0 Å². The van der Waals surface area contributed by atoms with Crippen LogP contribution in [0.3, 0.4) is 0 Å². The molecule has 24 heavy (non-hydrogen) atoms. The van der Waals surface area contributed by atoms with Gasteiger partial charge >= 0.3 is 5.97 Å². The number of likely N-dealkylation sites (tertiary alicyclic amines) is 1. The molecule has 0 aliphatic carbocycles. The second-order valence-electron chi connectivity index (χ2n) is 6.97. The number of carbonyl (C=O) groups is 3. The summed E-state index contributed by atoms with van der Waals surface area (Å²) in [7, 11) is 2.98. The molecule has 2 amide bonds. The van der Waals surface area contributed by atoms with Crippen molar-refractivity contribution >= 4 is 17.8 Å². The third-order valence-electron chi connectivity index (χ3n) is 4.93. The molecule has 136 valence electrons. The first kappa shape index (κ1) is 18.7. The molecule has 2 aliphatic rings. The number of nitrogens with two attached hydrogens (primary N) is 1. The van der Waals surface area contributed by atoms with Crippen LogP contribution in [0, 0.1) is 11.8 Å². The van der Waals surface area contributed by atoms with Gasteiger partial charge in [-0.25, -0.2) is 9.80 Å². The van der Waals surface area contributed by atoms with Crippen molar-refractivity contribution in [2.24, 2.45) is 17.7 Å². The number of esters is 1. The molecule has 0 bridgehead atoms. The molecule has 2 fully saturated rings. The second kappa shape index (κ2) is 7.48. The minimum absolute atomic E-state index is 0.0292. The molecule has 0 aromatic carbocycles. The monoisotopic (exact) mass is 340 g/mol. The van der Waals surface area contributed by atoms with Crippen LogP contribution in [0.4, 0.5) is 0 Å². The lowest BCUT2D eigenvalue weighted by molar-refractivity contribution is -0.156. The number of hydrogen-bond donors (Lipinski definition) is 1. The Morgan fingerprint density at radius 2 is 1.75 bits per heavy atom. The first-order chi connectivity index (χ1) is 11.3. The lowest BCUT2D eigenvalue weighted by Crippen LogP contribution is -2.51. The molecular formula is C16H28N4O4. The zero-order valence-corrected chi connectivity index (χ0v) is 14.9. The molecule has 0 saturated carbocycles. The van der Waals surface area contributed by atoms with Gasteiger partial charge in [0.2, 0.25) is 11.8 Å². The molecule has 2 unspecified atom stereocenters. The Morgan fingerprint density at radius 3 is 2.17 bits per heavy atom. The Kier molecular flexibility index (Phi) is 5.82. The number of hydrogen-bond acceptors (Lipinski definition) is 6. The summed E-state index contributed by atoms with van der Waals surface area (Å²) >= 11 is 0. The van der Waals surface area contributed by atoms with Crippen LogP contribution in [0.2, 0.25) is 0 Å². The van der Waals surface area contributed by atoms with E-state index in [-0.39, 0.29) is 29.7 Å². The van der Waals surface area contributed by atoms with E-state index in [9.17, 15) is 14.4 Å². The average molecular weight is 340 g/mol. The quantitative estimate of drug-likeness (QED) is 0.409. The molecule has 0 spiro atoms. The van der Waals surface area contributed by atoms with Gasteiger partial charge < -0.3 is 14.5 Å². The van der Waals surface area contributed by atoms with E-state index >= 15 is 0 Å². The highest BCUT2D eigenvalue weighted by Crippen LogP contribution is 2.24. The Morgan fingerprint density at radius 1 is 1.21 bits per heavy atom. The Balaban J connectivity index is 1.91. The topological polar surface area (TPSA) is 96.0 Å². The Hall–Kier alpha value is -1.67. The van der Waals surface area contributed by atoms with Crippen molar-refractivity contribution in [3.8, 4) is 0 Å². The summed E-state index contributed by atoms with van der Waals surface area (Å²) in [6, 6.07) is -0.774. The Labute approximate surface area is 142 Å². The third kappa shape index (κ3) is 3.87. The van der Waals surface area contributed by atoms with E-state index < -0.39 is 12.0 Å². The molecule has 2 heterocycles. The zero-order chi connectivity index (χ0) is 18.0. The van der Waals surface area contributed by atoms with E-state index in [1.165, 1.54) is 17.0 Å². The number of hydrazine groups is 1. The molecule has 0 aromatic heterocycles. The van der Waals surface area contributed by atoms with Crippen LogP contribution in [0.5, 0.6) is 0 Å². The summed E-state index contributed by atoms with van der Waals surface area (Å²) < 4.78 is 4.82. The van der Waals surface area contributed by atoms with Gasteiger partial charge in [-0.1, -0.05) is 13.8 Å². The summed E-state index contributed by atoms with van der Waals surface area (Å²) in [6.45, 7) is 5.49. The fourth-order valence-corrected chi connectivity index (χ4v) is 3.35. The first-order valence-corrected chi connectivity index (χ1v) is 8.42. The van der Waals surface area contributed by atoms with E-state index in [4.69, 9.17) is 10.6 Å². The molecular weight excluding hydrogens is 312 g/mol. The fraction of sp³-hybridized carbons (Fsp3) is 0.812. The van der Waals surface area contributed by atoms with Gasteiger partial charge in [0.25, 0.3) is 0 Å². The molecule has 2 N–H and O–H groups in total. The maximum absolute atomic E-state index is 12.7. The molecule has 0 aromatic rings. The van der Waals surface area contributed by atoms with Crippen LogP contribution in [-0.2, 0) is 19.1 Å². The molecule has 0 radical (unpaired) electrons. The van der Waals surface area contributed by atoms with Gasteiger partial charge in [-0.3, -0.25) is 15.4 Å². The molecule has 2 saturated heterocycles. The minimum atomic E-state index is -0.584. The van der Waals surface area contributed by atoms with Crippen molar-refractivity contribution in [2.75, 3.05) is 33.8 Å². The lowest BCUT2D eigenvalue weighted by Gasteiger charge is -2.36. The van der Waals surface area contributed by atoms with E-state index in [0.717, 1.165) is 0 Å². The first-order valence-electron chi connectivity index (χ1n) is 8.42. The highest BCUT2D eigenvalue weighted by atomic mass is 16.5. The van der Waals surface area contributed by atoms with Crippen molar-refractivity contribution < 1.29 is 19.1 Å². The summed E-state index contributed by atoms with van der Waals surface area (Å²) in [5.41, 5.74) is 0. The smallest absolute Gasteiger partial charge is 0.328 e. The van der Waals surface area contributed by atoms with Gasteiger partial charge in [-0.05, 0) is 18.8 Å². The van der Waals surface area contributed by atoms with E-state index in [1.54, 1.807) is 11.9 Å². The predicted octanol–water partition coefficient (Wildman–Crippen LogP) is -0.561. The van der Waals surface area contributed by atoms with Crippen molar-refractivity contribution in [1.29, 1.82) is 0 Å². The average Bonchev–Trinajstić information content (AvgIpc) is 3.29. The third-order valence-corrected chi connectivity index (χ3v) is 4.93. The van der Waals surface area contributed by atoms with Gasteiger partial charge in [0.15, 0.2) is 0 Å². The van der Waals surface area contributed by atoms with Crippen molar-refractivity contribution in [3.63, 3.8) is 0 Å². The number of likely N-dealkylation sites (N-methyl/N-ethyl adjacent to an activating group) is 1. The van der Waals surface area contributed by atoms with Crippen LogP contribution in [0.15, 0.2) is 0 Å². The van der Waals surface area contributed by atoms with Crippen LogP contribution < -0.4 is 5.84 Å². The number of amides is 2. The predicted molar refractivity (Wildman–Crippen MR) is 87.4 cm³/mol. The van der Waals surface area contributed by atoms with Gasteiger partial charge in [0.05, 0.1) is 7.11 Å². The number of piperidine rings is 1. The molecule has 2 aliphatic heterocycles. The molecule has 2 rings (SSSR count). The molecule has 8 nitrogen and oxygen atoms in total. The van der Waals surface area contributed by atoms with Crippen LogP contribution in [-0.4, -0.2) is 78.5 Å². The molecule has 3 atom stereocenters. The van der Waals surface area contributed by atoms with E-state index in [2.05, 4.69) is 0 Å². The number of methoxy groups -OCH3 is 1. The largest absolute Gasteiger partial charge is 0.467 e. The number of ether oxygens (including phenoxy) is 1. The fourth-order valence-electron chi connectivity index (χ4n) is 3.35. The van der Waals surface area contributed by atoms with Crippen LogP contribution in [0.1, 0.15) is 26.7 Å². The summed E-state index contributed by atoms with van der Waals surface area (Å²) in [4.78, 5) is 40.1. The Bertz CT molecular complexity index is 502. The highest BCUT2D eigenvalue weighted by molar-refractivity contribution is 5.87.